The van der Waals surface area contributed by atoms with E-state index < -0.39 is 18.3 Å². The third kappa shape index (κ3) is 5.91. The molecule has 0 aromatic rings. The Morgan fingerprint density at radius 1 is 1.10 bits per heavy atom. The summed E-state index contributed by atoms with van der Waals surface area (Å²) in [5.41, 5.74) is 0. The SMILES string of the molecule is CCCCC(CC)C[O][Ti+]([C]1=CC=CC1)[C]1=CC=CC1.[Cl-]. The first kappa shape index (κ1) is 19.0. The van der Waals surface area contributed by atoms with E-state index in [0.29, 0.717) is 0 Å². The van der Waals surface area contributed by atoms with Gasteiger partial charge in [0.2, 0.25) is 0 Å². The average molecular weight is 343 g/mol. The van der Waals surface area contributed by atoms with Crippen LogP contribution in [0.25, 0.3) is 0 Å². The van der Waals surface area contributed by atoms with Crippen LogP contribution < -0.4 is 12.4 Å². The van der Waals surface area contributed by atoms with Crippen molar-refractivity contribution < 1.29 is 34.0 Å². The molecule has 0 spiro atoms. The number of hydrogen-bond acceptors (Lipinski definition) is 1. The molecule has 3 heteroatoms. The standard InChI is InChI=1S/C8H17O.2C5H5.ClH.Ti/c1-3-5-6-8(4-2)7-9;2*1-2-4-5-3-1;;/h8H,3-7H2,1-2H3;2*1-3H,4H2;1H;/q-1;;;;+2/p-1. The van der Waals surface area contributed by atoms with Crippen LogP contribution >= 0.6 is 0 Å². The summed E-state index contributed by atoms with van der Waals surface area (Å²) in [4.78, 5) is 0. The molecule has 21 heavy (non-hydrogen) atoms. The molecule has 0 N–H and O–H groups in total. The molecule has 2 aliphatic carbocycles. The average Bonchev–Trinajstić information content (AvgIpc) is 3.16. The molecule has 0 aromatic carbocycles. The van der Waals surface area contributed by atoms with E-state index in [1.807, 2.05) is 0 Å². The van der Waals surface area contributed by atoms with Gasteiger partial charge in [0.15, 0.2) is 0 Å². The minimum absolute atomic E-state index is 0. The summed E-state index contributed by atoms with van der Waals surface area (Å²) in [7, 11) is 0. The van der Waals surface area contributed by atoms with Crippen molar-refractivity contribution in [1.29, 1.82) is 0 Å². The Kier molecular flexibility index (Phi) is 9.59. The van der Waals surface area contributed by atoms with Gasteiger partial charge in [0.25, 0.3) is 0 Å². The van der Waals surface area contributed by atoms with Crippen LogP contribution in [0.1, 0.15) is 52.4 Å². The zero-order valence-electron chi connectivity index (χ0n) is 13.3. The van der Waals surface area contributed by atoms with E-state index in [1.54, 1.807) is 7.76 Å². The topological polar surface area (TPSA) is 9.23 Å². The van der Waals surface area contributed by atoms with Gasteiger partial charge in [-0.3, -0.25) is 0 Å². The van der Waals surface area contributed by atoms with Crippen molar-refractivity contribution >= 4 is 0 Å². The Labute approximate surface area is 142 Å². The van der Waals surface area contributed by atoms with E-state index >= 15 is 0 Å². The van der Waals surface area contributed by atoms with Crippen LogP contribution in [0.2, 0.25) is 0 Å². The molecule has 0 aliphatic heterocycles. The summed E-state index contributed by atoms with van der Waals surface area (Å²) in [6.45, 7) is 5.55. The molecule has 0 saturated carbocycles. The Bertz CT molecular complexity index is 393. The molecule has 0 fully saturated rings. The molecule has 0 radical (unpaired) electrons. The predicted octanol–water partition coefficient (Wildman–Crippen LogP) is 2.44. The van der Waals surface area contributed by atoms with Gasteiger partial charge < -0.3 is 12.4 Å². The van der Waals surface area contributed by atoms with Gasteiger partial charge in [0.05, 0.1) is 0 Å². The van der Waals surface area contributed by atoms with Crippen molar-refractivity contribution in [3.8, 4) is 0 Å². The third-order valence-electron chi connectivity index (χ3n) is 4.13. The Balaban J connectivity index is 0.00000220. The van der Waals surface area contributed by atoms with Gasteiger partial charge in [-0.2, -0.15) is 0 Å². The Morgan fingerprint density at radius 2 is 1.71 bits per heavy atom. The van der Waals surface area contributed by atoms with E-state index in [2.05, 4.69) is 50.3 Å². The molecule has 116 valence electrons. The molecule has 0 heterocycles. The van der Waals surface area contributed by atoms with Crippen molar-refractivity contribution in [3.05, 3.63) is 44.2 Å². The largest absolute Gasteiger partial charge is 1.00 e. The normalized spacial score (nSPS) is 17.4. The van der Waals surface area contributed by atoms with Crippen molar-refractivity contribution in [2.24, 2.45) is 5.92 Å². The molecule has 0 bridgehead atoms. The molecular weight excluding hydrogens is 316 g/mol. The van der Waals surface area contributed by atoms with Gasteiger partial charge in [-0.15, -0.1) is 0 Å². The second kappa shape index (κ2) is 10.6. The molecule has 2 rings (SSSR count). The monoisotopic (exact) mass is 342 g/mol. The summed E-state index contributed by atoms with van der Waals surface area (Å²) in [5, 5.41) is 0. The van der Waals surface area contributed by atoms with E-state index in [-0.39, 0.29) is 12.4 Å². The third-order valence-corrected chi connectivity index (χ3v) is 7.82. The number of rotatable bonds is 9. The van der Waals surface area contributed by atoms with Gasteiger partial charge in [-0.1, -0.05) is 0 Å². The summed E-state index contributed by atoms with van der Waals surface area (Å²) in [6.07, 6.45) is 21.0. The fraction of sp³-hybridized carbons (Fsp3) is 0.556. The molecule has 2 aliphatic rings. The van der Waals surface area contributed by atoms with Crippen molar-refractivity contribution in [2.45, 2.75) is 52.4 Å². The van der Waals surface area contributed by atoms with E-state index in [0.717, 1.165) is 25.4 Å². The zero-order chi connectivity index (χ0) is 14.2. The van der Waals surface area contributed by atoms with E-state index in [4.69, 9.17) is 3.32 Å². The quantitative estimate of drug-likeness (QED) is 0.585. The van der Waals surface area contributed by atoms with Crippen LogP contribution in [0.4, 0.5) is 0 Å². The van der Waals surface area contributed by atoms with E-state index in [1.165, 1.54) is 25.7 Å². The molecule has 1 nitrogen and oxygen atoms in total. The van der Waals surface area contributed by atoms with Crippen LogP contribution in [-0.2, 0) is 21.6 Å². The van der Waals surface area contributed by atoms with Crippen molar-refractivity contribution in [2.75, 3.05) is 6.61 Å². The maximum atomic E-state index is 6.51. The molecular formula is C18H27ClOTi. The van der Waals surface area contributed by atoms with Gasteiger partial charge in [-0.05, 0) is 0 Å². The van der Waals surface area contributed by atoms with Crippen LogP contribution in [0.5, 0.6) is 0 Å². The first-order valence-corrected chi connectivity index (χ1v) is 10.3. The molecule has 1 atom stereocenters. The van der Waals surface area contributed by atoms with E-state index in [9.17, 15) is 0 Å². The van der Waals surface area contributed by atoms with Gasteiger partial charge >= 0.3 is 131 Å². The van der Waals surface area contributed by atoms with Crippen LogP contribution in [0, 0.1) is 5.92 Å². The summed E-state index contributed by atoms with van der Waals surface area (Å²) in [5.74, 6) is 0.752. The van der Waals surface area contributed by atoms with Crippen molar-refractivity contribution in [1.82, 2.24) is 0 Å². The van der Waals surface area contributed by atoms with Crippen LogP contribution in [-0.4, -0.2) is 6.61 Å². The first-order chi connectivity index (χ1) is 9.85. The minimum Gasteiger partial charge on any atom is -1.00 e. The minimum atomic E-state index is -1.66. The molecule has 0 amide bonds. The van der Waals surface area contributed by atoms with Crippen LogP contribution in [0.15, 0.2) is 44.2 Å². The second-order valence-corrected chi connectivity index (χ2v) is 9.19. The Morgan fingerprint density at radius 3 is 2.14 bits per heavy atom. The summed E-state index contributed by atoms with van der Waals surface area (Å²) < 4.78 is 9.69. The number of halogens is 1. The maximum absolute atomic E-state index is 6.51. The number of hydrogen-bond donors (Lipinski definition) is 0. The van der Waals surface area contributed by atoms with Crippen LogP contribution in [0.3, 0.4) is 0 Å². The summed E-state index contributed by atoms with van der Waals surface area (Å²) >= 11 is -1.66. The number of allylic oxidation sites excluding steroid dienone is 8. The summed E-state index contributed by atoms with van der Waals surface area (Å²) in [6, 6.07) is 0. The van der Waals surface area contributed by atoms with Gasteiger partial charge in [0, 0.05) is 0 Å². The zero-order valence-corrected chi connectivity index (χ0v) is 15.6. The van der Waals surface area contributed by atoms with Gasteiger partial charge in [-0.25, -0.2) is 0 Å². The Hall–Kier alpha value is -0.0757. The fourth-order valence-corrected chi connectivity index (χ4v) is 6.29. The predicted molar refractivity (Wildman–Crippen MR) is 82.9 cm³/mol. The second-order valence-electron chi connectivity index (χ2n) is 5.70. The van der Waals surface area contributed by atoms with Crippen molar-refractivity contribution in [3.63, 3.8) is 0 Å². The molecule has 1 unspecified atom stereocenters. The number of unbranched alkanes of at least 4 members (excludes halogenated alkanes) is 1. The maximum Gasteiger partial charge on any atom is -1.00 e. The smallest absolute Gasteiger partial charge is 1.00 e. The first-order valence-electron chi connectivity index (χ1n) is 8.07. The molecule has 0 saturated heterocycles. The van der Waals surface area contributed by atoms with Gasteiger partial charge in [0.1, 0.15) is 0 Å². The molecule has 0 aromatic heterocycles. The fourth-order valence-electron chi connectivity index (χ4n) is 2.72.